The first kappa shape index (κ1) is 10.5. The van der Waals surface area contributed by atoms with Crippen LogP contribution in [0.1, 0.15) is 5.56 Å². The number of rotatable bonds is 2. The third-order valence-corrected chi connectivity index (χ3v) is 1.63. The van der Waals surface area contributed by atoms with Gasteiger partial charge >= 0.3 is 0 Å². The van der Waals surface area contributed by atoms with Crippen LogP contribution >= 0.6 is 0 Å². The van der Waals surface area contributed by atoms with Gasteiger partial charge in [-0.1, -0.05) is 6.07 Å². The van der Waals surface area contributed by atoms with Gasteiger partial charge in [0.25, 0.3) is 0 Å². The van der Waals surface area contributed by atoms with Crippen molar-refractivity contribution >= 4 is 17.3 Å². The summed E-state index contributed by atoms with van der Waals surface area (Å²) < 4.78 is 0. The fraction of sp³-hybridized carbons (Fsp3) is 0.125. The van der Waals surface area contributed by atoms with Crippen molar-refractivity contribution in [3.8, 4) is 0 Å². The number of hydrogen-bond acceptors (Lipinski definition) is 3. The molecule has 1 unspecified atom stereocenters. The van der Waals surface area contributed by atoms with Gasteiger partial charge in [0.15, 0.2) is 11.6 Å². The minimum absolute atomic E-state index is 0.0957. The zero-order chi connectivity index (χ0) is 10.7. The fourth-order valence-corrected chi connectivity index (χ4v) is 1.06. The fourth-order valence-electron chi connectivity index (χ4n) is 1.06. The Kier molecular flexibility index (Phi) is 3.03. The quantitative estimate of drug-likeness (QED) is 0.284. The van der Waals surface area contributed by atoms with Crippen LogP contribution in [0.3, 0.4) is 0 Å². The molecule has 1 atom stereocenters. The molecule has 0 heterocycles. The lowest BCUT2D eigenvalue weighted by molar-refractivity contribution is -0.990. The molecule has 0 saturated heterocycles. The Morgan fingerprint density at radius 3 is 2.64 bits per heavy atom. The van der Waals surface area contributed by atoms with Crippen LogP contribution < -0.4 is 16.7 Å². The van der Waals surface area contributed by atoms with Crippen molar-refractivity contribution in [1.82, 2.24) is 0 Å². The van der Waals surface area contributed by atoms with Crippen LogP contribution in [-0.4, -0.2) is 11.2 Å². The molecule has 14 heavy (non-hydrogen) atoms. The van der Waals surface area contributed by atoms with Crippen LogP contribution in [0.15, 0.2) is 23.2 Å². The molecular formula is C8H12N4O2. The second-order valence-electron chi connectivity index (χ2n) is 2.86. The molecule has 76 valence electrons. The third kappa shape index (κ3) is 2.43. The molecule has 0 aliphatic rings. The summed E-state index contributed by atoms with van der Waals surface area (Å²) in [5.74, 6) is -0.156. The Morgan fingerprint density at radius 1 is 1.50 bits per heavy atom. The van der Waals surface area contributed by atoms with E-state index in [0.29, 0.717) is 0 Å². The molecule has 6 heteroatoms. The van der Waals surface area contributed by atoms with Gasteiger partial charge in [-0.3, -0.25) is 0 Å². The van der Waals surface area contributed by atoms with Crippen molar-refractivity contribution in [3.05, 3.63) is 29.0 Å². The molecule has 1 aromatic rings. The molecule has 6 N–H and O–H groups in total. The number of nitrogens with one attached hydrogen (secondary N) is 1. The standard InChI is InChI=1S/C8H12N4O2/c1-5-2-3-6(11-8(9)10)7(4-5)12(13)14/h2-4,12-13H,1H3,(H4,9,10,11). The van der Waals surface area contributed by atoms with Gasteiger partial charge in [-0.25, -0.2) is 10.2 Å². The average Bonchev–Trinajstić information content (AvgIpc) is 2.07. The summed E-state index contributed by atoms with van der Waals surface area (Å²) in [7, 11) is 0. The van der Waals surface area contributed by atoms with E-state index in [9.17, 15) is 5.21 Å². The first-order valence-electron chi connectivity index (χ1n) is 3.94. The number of quaternary nitrogens is 1. The van der Waals surface area contributed by atoms with Crippen LogP contribution in [-0.2, 0) is 0 Å². The summed E-state index contributed by atoms with van der Waals surface area (Å²) in [5.41, 5.74) is 11.5. The minimum atomic E-state index is -1.05. The molecule has 0 amide bonds. The first-order valence-corrected chi connectivity index (χ1v) is 3.94. The van der Waals surface area contributed by atoms with Gasteiger partial charge in [-0.2, -0.15) is 5.23 Å². The molecule has 0 aromatic heterocycles. The van der Waals surface area contributed by atoms with E-state index in [1.54, 1.807) is 19.1 Å². The number of guanidine groups is 1. The molecule has 0 aliphatic heterocycles. The lowest BCUT2D eigenvalue weighted by atomic mass is 10.2. The average molecular weight is 196 g/mol. The largest absolute Gasteiger partial charge is 0.595 e. The predicted molar refractivity (Wildman–Crippen MR) is 52.4 cm³/mol. The van der Waals surface area contributed by atoms with Gasteiger partial charge in [-0.05, 0) is 18.6 Å². The maximum absolute atomic E-state index is 10.8. The Bertz CT molecular complexity index is 358. The van der Waals surface area contributed by atoms with Crippen LogP contribution in [0.4, 0.5) is 11.4 Å². The van der Waals surface area contributed by atoms with Gasteiger partial charge in [0, 0.05) is 6.07 Å². The Labute approximate surface area is 81.0 Å². The number of benzene rings is 1. The number of hydrogen-bond donors (Lipinski definition) is 4. The highest BCUT2D eigenvalue weighted by Crippen LogP contribution is 2.21. The summed E-state index contributed by atoms with van der Waals surface area (Å²) in [4.78, 5) is 3.71. The molecule has 0 saturated carbocycles. The van der Waals surface area contributed by atoms with Crippen LogP contribution in [0.2, 0.25) is 0 Å². The van der Waals surface area contributed by atoms with E-state index in [1.165, 1.54) is 6.07 Å². The highest BCUT2D eigenvalue weighted by Gasteiger charge is 2.08. The highest BCUT2D eigenvalue weighted by molar-refractivity contribution is 5.80. The summed E-state index contributed by atoms with van der Waals surface area (Å²) >= 11 is 0. The van der Waals surface area contributed by atoms with Crippen molar-refractivity contribution < 1.29 is 10.4 Å². The van der Waals surface area contributed by atoms with Crippen LogP contribution in [0.5, 0.6) is 0 Å². The highest BCUT2D eigenvalue weighted by atomic mass is 16.8. The zero-order valence-corrected chi connectivity index (χ0v) is 7.69. The van der Waals surface area contributed by atoms with Gasteiger partial charge in [0.05, 0.1) is 0 Å². The summed E-state index contributed by atoms with van der Waals surface area (Å²) in [5, 5.41) is 18.6. The van der Waals surface area contributed by atoms with E-state index in [4.69, 9.17) is 16.7 Å². The van der Waals surface area contributed by atoms with Crippen molar-refractivity contribution in [1.29, 1.82) is 0 Å². The lowest BCUT2D eigenvalue weighted by Gasteiger charge is -2.14. The topological polar surface area (TPSA) is 112 Å². The number of nitrogens with two attached hydrogens (primary N) is 2. The van der Waals surface area contributed by atoms with Crippen molar-refractivity contribution in [2.45, 2.75) is 6.92 Å². The normalized spacial score (nSPS) is 12.2. The Balaban J connectivity index is 3.22. The maximum Gasteiger partial charge on any atom is 0.191 e. The lowest BCUT2D eigenvalue weighted by Crippen LogP contribution is -2.99. The van der Waals surface area contributed by atoms with Crippen molar-refractivity contribution in [3.63, 3.8) is 0 Å². The minimum Gasteiger partial charge on any atom is -0.595 e. The van der Waals surface area contributed by atoms with E-state index in [2.05, 4.69) is 4.99 Å². The van der Waals surface area contributed by atoms with E-state index < -0.39 is 5.23 Å². The molecule has 1 aromatic carbocycles. The summed E-state index contributed by atoms with van der Waals surface area (Å²) in [6.07, 6.45) is 0. The second kappa shape index (κ2) is 4.05. The van der Waals surface area contributed by atoms with Gasteiger partial charge in [0.2, 0.25) is 0 Å². The molecule has 0 spiro atoms. The van der Waals surface area contributed by atoms with Crippen LogP contribution in [0, 0.1) is 12.1 Å². The zero-order valence-electron chi connectivity index (χ0n) is 7.69. The van der Waals surface area contributed by atoms with Crippen LogP contribution in [0.25, 0.3) is 0 Å². The molecule has 1 rings (SSSR count). The van der Waals surface area contributed by atoms with Gasteiger partial charge in [-0.15, -0.1) is 0 Å². The van der Waals surface area contributed by atoms with Gasteiger partial charge < -0.3 is 16.7 Å². The molecule has 0 fully saturated rings. The second-order valence-corrected chi connectivity index (χ2v) is 2.86. The van der Waals surface area contributed by atoms with E-state index in [0.717, 1.165) is 5.56 Å². The number of nitrogens with zero attached hydrogens (tertiary/aromatic N) is 1. The third-order valence-electron chi connectivity index (χ3n) is 1.63. The maximum atomic E-state index is 10.8. The van der Waals surface area contributed by atoms with E-state index in [1.807, 2.05) is 0 Å². The van der Waals surface area contributed by atoms with E-state index >= 15 is 0 Å². The summed E-state index contributed by atoms with van der Waals surface area (Å²) in [6, 6.07) is 4.83. The SMILES string of the molecule is Cc1ccc(N=C(N)N)c([NH+]([O-])O)c1. The number of aliphatic imine (C=N–C) groups is 1. The number of aryl methyl sites for hydroxylation is 1. The summed E-state index contributed by atoms with van der Waals surface area (Å²) in [6.45, 7) is 1.80. The van der Waals surface area contributed by atoms with Crippen molar-refractivity contribution in [2.24, 2.45) is 16.5 Å². The first-order chi connectivity index (χ1) is 6.50. The smallest absolute Gasteiger partial charge is 0.191 e. The van der Waals surface area contributed by atoms with E-state index in [-0.39, 0.29) is 17.3 Å². The monoisotopic (exact) mass is 196 g/mol. The molecule has 0 bridgehead atoms. The van der Waals surface area contributed by atoms with Gasteiger partial charge in [0.1, 0.15) is 5.69 Å². The molecular weight excluding hydrogens is 184 g/mol. The van der Waals surface area contributed by atoms with Crippen molar-refractivity contribution in [2.75, 3.05) is 0 Å². The Hall–Kier alpha value is -1.63. The molecule has 6 nitrogen and oxygen atoms in total. The predicted octanol–water partition coefficient (Wildman–Crippen LogP) is -0.697. The molecule has 0 aliphatic carbocycles. The Morgan fingerprint density at radius 2 is 2.14 bits per heavy atom. The molecule has 0 radical (unpaired) electrons.